The third-order valence-electron chi connectivity index (χ3n) is 3.67. The van der Waals surface area contributed by atoms with Crippen molar-refractivity contribution in [3.63, 3.8) is 0 Å². The minimum atomic E-state index is -1.02. The predicted molar refractivity (Wildman–Crippen MR) is 86.5 cm³/mol. The van der Waals surface area contributed by atoms with Gasteiger partial charge in [-0.05, 0) is 24.3 Å². The number of hydrogen-bond donors (Lipinski definition) is 1. The fourth-order valence-corrected chi connectivity index (χ4v) is 2.89. The number of para-hydroxylation sites is 1. The first-order valence-corrected chi connectivity index (χ1v) is 7.04. The molecule has 0 atom stereocenters. The van der Waals surface area contributed by atoms with Crippen molar-refractivity contribution in [1.29, 1.82) is 0 Å². The standard InChI is InChI=1S/C17H9ClN2O2/c18-12-5-1-3-10-9(12)7-8-14-15(10)20-16-11(17(21)22)4-2-6-13(16)19-14/h1-8H,(H,21,22). The van der Waals surface area contributed by atoms with Gasteiger partial charge in [0.1, 0.15) is 5.52 Å². The first-order chi connectivity index (χ1) is 10.6. The Morgan fingerprint density at radius 2 is 1.64 bits per heavy atom. The molecule has 5 heteroatoms. The van der Waals surface area contributed by atoms with E-state index < -0.39 is 5.97 Å². The van der Waals surface area contributed by atoms with Crippen molar-refractivity contribution in [1.82, 2.24) is 9.97 Å². The molecule has 0 saturated heterocycles. The number of carbonyl (C=O) groups is 1. The Morgan fingerprint density at radius 3 is 2.45 bits per heavy atom. The number of carboxylic acid groups (broad SMARTS) is 1. The molecule has 0 aliphatic carbocycles. The van der Waals surface area contributed by atoms with Crippen LogP contribution in [0, 0.1) is 0 Å². The number of hydrogen-bond acceptors (Lipinski definition) is 3. The highest BCUT2D eigenvalue weighted by Crippen LogP contribution is 2.30. The molecule has 4 nitrogen and oxygen atoms in total. The summed E-state index contributed by atoms with van der Waals surface area (Å²) in [6, 6.07) is 14.3. The Morgan fingerprint density at radius 1 is 0.864 bits per heavy atom. The summed E-state index contributed by atoms with van der Waals surface area (Å²) < 4.78 is 0. The fourth-order valence-electron chi connectivity index (χ4n) is 2.65. The summed E-state index contributed by atoms with van der Waals surface area (Å²) in [5, 5.41) is 11.7. The number of benzene rings is 3. The highest BCUT2D eigenvalue weighted by Gasteiger charge is 2.13. The van der Waals surface area contributed by atoms with Gasteiger partial charge in [0.05, 0.1) is 22.1 Å². The van der Waals surface area contributed by atoms with Gasteiger partial charge in [-0.2, -0.15) is 0 Å². The molecule has 0 unspecified atom stereocenters. The second-order valence-corrected chi connectivity index (χ2v) is 5.38. The first-order valence-electron chi connectivity index (χ1n) is 6.66. The van der Waals surface area contributed by atoms with Crippen LogP contribution in [-0.2, 0) is 0 Å². The Balaban J connectivity index is 2.23. The Labute approximate surface area is 130 Å². The minimum Gasteiger partial charge on any atom is -0.478 e. The van der Waals surface area contributed by atoms with Crippen molar-refractivity contribution in [2.75, 3.05) is 0 Å². The van der Waals surface area contributed by atoms with E-state index in [0.717, 1.165) is 10.8 Å². The Bertz CT molecular complexity index is 1080. The molecule has 1 N–H and O–H groups in total. The number of fused-ring (bicyclic) bond motifs is 4. The topological polar surface area (TPSA) is 63.1 Å². The lowest BCUT2D eigenvalue weighted by Gasteiger charge is -2.07. The Kier molecular flexibility index (Phi) is 2.74. The normalized spacial score (nSPS) is 11.3. The van der Waals surface area contributed by atoms with Crippen molar-refractivity contribution < 1.29 is 9.90 Å². The van der Waals surface area contributed by atoms with Crippen LogP contribution in [0.2, 0.25) is 5.02 Å². The van der Waals surface area contributed by atoms with Crippen LogP contribution in [0.4, 0.5) is 0 Å². The third-order valence-corrected chi connectivity index (χ3v) is 4.00. The average molecular weight is 309 g/mol. The summed E-state index contributed by atoms with van der Waals surface area (Å²) in [5.74, 6) is -1.02. The highest BCUT2D eigenvalue weighted by atomic mass is 35.5. The molecule has 0 radical (unpaired) electrons. The van der Waals surface area contributed by atoms with Gasteiger partial charge in [0, 0.05) is 15.8 Å². The lowest BCUT2D eigenvalue weighted by Crippen LogP contribution is -2.00. The second-order valence-electron chi connectivity index (χ2n) is 4.97. The smallest absolute Gasteiger partial charge is 0.337 e. The van der Waals surface area contributed by atoms with Crippen molar-refractivity contribution in [3.8, 4) is 0 Å². The first kappa shape index (κ1) is 13.0. The molecule has 0 aliphatic rings. The molecule has 4 rings (SSSR count). The quantitative estimate of drug-likeness (QED) is 0.421. The van der Waals surface area contributed by atoms with Gasteiger partial charge in [0.25, 0.3) is 0 Å². The zero-order valence-corrected chi connectivity index (χ0v) is 12.0. The number of rotatable bonds is 1. The Hall–Kier alpha value is -2.72. The lowest BCUT2D eigenvalue weighted by molar-refractivity contribution is 0.0699. The molecular formula is C17H9ClN2O2. The molecule has 0 amide bonds. The molecule has 4 aromatic rings. The summed E-state index contributed by atoms with van der Waals surface area (Å²) in [4.78, 5) is 20.5. The molecular weight excluding hydrogens is 300 g/mol. The molecule has 106 valence electrons. The van der Waals surface area contributed by atoms with Crippen molar-refractivity contribution >= 4 is 50.4 Å². The molecule has 0 saturated carbocycles. The highest BCUT2D eigenvalue weighted by molar-refractivity contribution is 6.36. The minimum absolute atomic E-state index is 0.144. The summed E-state index contributed by atoms with van der Waals surface area (Å²) in [6.07, 6.45) is 0. The van der Waals surface area contributed by atoms with Crippen LogP contribution in [0.25, 0.3) is 32.8 Å². The summed E-state index contributed by atoms with van der Waals surface area (Å²) in [6.45, 7) is 0. The van der Waals surface area contributed by atoms with Gasteiger partial charge >= 0.3 is 5.97 Å². The lowest BCUT2D eigenvalue weighted by atomic mass is 10.1. The molecule has 1 aromatic heterocycles. The molecule has 0 fully saturated rings. The van der Waals surface area contributed by atoms with Gasteiger partial charge in [-0.1, -0.05) is 35.9 Å². The maximum absolute atomic E-state index is 11.4. The molecule has 22 heavy (non-hydrogen) atoms. The van der Waals surface area contributed by atoms with Gasteiger partial charge in [0.2, 0.25) is 0 Å². The van der Waals surface area contributed by atoms with Crippen LogP contribution < -0.4 is 0 Å². The third kappa shape index (κ3) is 1.81. The number of aromatic nitrogens is 2. The molecule has 3 aromatic carbocycles. The van der Waals surface area contributed by atoms with Crippen molar-refractivity contribution in [2.24, 2.45) is 0 Å². The monoisotopic (exact) mass is 308 g/mol. The fraction of sp³-hybridized carbons (Fsp3) is 0. The molecule has 1 heterocycles. The van der Waals surface area contributed by atoms with Gasteiger partial charge < -0.3 is 5.11 Å². The molecule has 0 spiro atoms. The maximum atomic E-state index is 11.4. The second kappa shape index (κ2) is 4.64. The predicted octanol–water partition coefficient (Wildman–Crippen LogP) is 4.29. The van der Waals surface area contributed by atoms with Crippen LogP contribution in [-0.4, -0.2) is 21.0 Å². The van der Waals surface area contributed by atoms with E-state index in [1.165, 1.54) is 6.07 Å². The zero-order valence-electron chi connectivity index (χ0n) is 11.2. The van der Waals surface area contributed by atoms with Crippen LogP contribution in [0.3, 0.4) is 0 Å². The van der Waals surface area contributed by atoms with Crippen LogP contribution in [0.1, 0.15) is 10.4 Å². The van der Waals surface area contributed by atoms with Gasteiger partial charge in [0.15, 0.2) is 0 Å². The van der Waals surface area contributed by atoms with E-state index in [1.54, 1.807) is 12.1 Å². The van der Waals surface area contributed by atoms with E-state index in [0.29, 0.717) is 27.1 Å². The number of halogens is 1. The number of nitrogens with zero attached hydrogens (tertiary/aromatic N) is 2. The maximum Gasteiger partial charge on any atom is 0.337 e. The van der Waals surface area contributed by atoms with Crippen LogP contribution in [0.5, 0.6) is 0 Å². The largest absolute Gasteiger partial charge is 0.478 e. The van der Waals surface area contributed by atoms with E-state index in [4.69, 9.17) is 11.6 Å². The van der Waals surface area contributed by atoms with E-state index in [2.05, 4.69) is 9.97 Å². The van der Waals surface area contributed by atoms with Crippen molar-refractivity contribution in [2.45, 2.75) is 0 Å². The molecule has 0 aliphatic heterocycles. The average Bonchev–Trinajstić information content (AvgIpc) is 2.52. The van der Waals surface area contributed by atoms with E-state index in [9.17, 15) is 9.90 Å². The van der Waals surface area contributed by atoms with Gasteiger partial charge in [-0.25, -0.2) is 14.8 Å². The van der Waals surface area contributed by atoms with E-state index in [-0.39, 0.29) is 5.56 Å². The molecule has 0 bridgehead atoms. The number of aromatic carboxylic acids is 1. The van der Waals surface area contributed by atoms with Crippen LogP contribution in [0.15, 0.2) is 48.5 Å². The van der Waals surface area contributed by atoms with Gasteiger partial charge in [-0.3, -0.25) is 0 Å². The van der Waals surface area contributed by atoms with Crippen molar-refractivity contribution in [3.05, 3.63) is 59.1 Å². The van der Waals surface area contributed by atoms with Crippen LogP contribution >= 0.6 is 11.6 Å². The SMILES string of the molecule is O=C(O)c1cccc2nc3ccc4c(Cl)cccc4c3nc12. The summed E-state index contributed by atoms with van der Waals surface area (Å²) in [7, 11) is 0. The van der Waals surface area contributed by atoms with E-state index >= 15 is 0 Å². The summed E-state index contributed by atoms with van der Waals surface area (Å²) >= 11 is 6.22. The van der Waals surface area contributed by atoms with E-state index in [1.807, 2.05) is 30.3 Å². The zero-order chi connectivity index (χ0) is 15.3. The number of carboxylic acids is 1. The summed E-state index contributed by atoms with van der Waals surface area (Å²) in [5.41, 5.74) is 2.46. The van der Waals surface area contributed by atoms with Gasteiger partial charge in [-0.15, -0.1) is 0 Å².